The molecule has 0 saturated carbocycles. The highest BCUT2D eigenvalue weighted by Gasteiger charge is 2.21. The lowest BCUT2D eigenvalue weighted by Gasteiger charge is -2.28. The summed E-state index contributed by atoms with van der Waals surface area (Å²) in [4.78, 5) is 14.6. The van der Waals surface area contributed by atoms with Crippen molar-refractivity contribution in [2.24, 2.45) is 0 Å². The molecule has 0 aromatic heterocycles. The highest BCUT2D eigenvalue weighted by molar-refractivity contribution is 5.92. The van der Waals surface area contributed by atoms with Gasteiger partial charge in [-0.1, -0.05) is 60.7 Å². The third-order valence-corrected chi connectivity index (χ3v) is 4.36. The molecule has 27 heavy (non-hydrogen) atoms. The molecule has 0 saturated heterocycles. The lowest BCUT2D eigenvalue weighted by molar-refractivity contribution is -0.117. The van der Waals surface area contributed by atoms with Crippen LogP contribution in [0.25, 0.3) is 0 Å². The van der Waals surface area contributed by atoms with Gasteiger partial charge in [0.15, 0.2) is 0 Å². The van der Waals surface area contributed by atoms with Crippen molar-refractivity contribution in [2.45, 2.75) is 6.04 Å². The van der Waals surface area contributed by atoms with E-state index in [4.69, 9.17) is 5.26 Å². The number of hydrogen-bond acceptors (Lipinski definition) is 3. The Hall–Kier alpha value is -3.42. The molecule has 0 aliphatic carbocycles. The molecule has 0 spiro atoms. The topological polar surface area (TPSA) is 56.1 Å². The Bertz CT molecular complexity index is 876. The zero-order valence-corrected chi connectivity index (χ0v) is 15.2. The van der Waals surface area contributed by atoms with Crippen molar-refractivity contribution in [2.75, 3.05) is 18.9 Å². The number of likely N-dealkylation sites (N-methyl/N-ethyl adjacent to an activating group) is 1. The Kier molecular flexibility index (Phi) is 5.98. The Morgan fingerprint density at radius 1 is 0.926 bits per heavy atom. The van der Waals surface area contributed by atoms with Crippen LogP contribution in [-0.2, 0) is 4.79 Å². The van der Waals surface area contributed by atoms with E-state index in [1.165, 1.54) is 0 Å². The van der Waals surface area contributed by atoms with E-state index < -0.39 is 0 Å². The third-order valence-electron chi connectivity index (χ3n) is 4.36. The van der Waals surface area contributed by atoms with E-state index in [9.17, 15) is 4.79 Å². The second-order valence-corrected chi connectivity index (χ2v) is 6.38. The molecule has 0 radical (unpaired) electrons. The molecule has 0 fully saturated rings. The van der Waals surface area contributed by atoms with E-state index in [1.54, 1.807) is 24.3 Å². The van der Waals surface area contributed by atoms with Crippen LogP contribution in [0.3, 0.4) is 0 Å². The summed E-state index contributed by atoms with van der Waals surface area (Å²) in [6, 6.07) is 29.2. The summed E-state index contributed by atoms with van der Waals surface area (Å²) in [5.74, 6) is -0.0981. The van der Waals surface area contributed by atoms with Gasteiger partial charge in [0.2, 0.25) is 5.91 Å². The van der Waals surface area contributed by atoms with Gasteiger partial charge in [0.25, 0.3) is 0 Å². The standard InChI is InChI=1S/C23H21N3O/c1-26(17-22(27)25-21-14-12-18(16-24)13-15-21)23(19-8-4-2-5-9-19)20-10-6-3-7-11-20/h2-15,23H,17H2,1H3,(H,25,27). The van der Waals surface area contributed by atoms with Gasteiger partial charge >= 0.3 is 0 Å². The minimum Gasteiger partial charge on any atom is -0.325 e. The van der Waals surface area contributed by atoms with Crippen LogP contribution in [-0.4, -0.2) is 24.4 Å². The molecule has 1 amide bonds. The van der Waals surface area contributed by atoms with E-state index in [1.807, 2.05) is 48.3 Å². The second kappa shape index (κ2) is 8.79. The fourth-order valence-electron chi connectivity index (χ4n) is 3.12. The smallest absolute Gasteiger partial charge is 0.238 e. The number of hydrogen-bond donors (Lipinski definition) is 1. The van der Waals surface area contributed by atoms with Crippen molar-refractivity contribution in [1.82, 2.24) is 4.90 Å². The van der Waals surface area contributed by atoms with Gasteiger partial charge in [-0.3, -0.25) is 9.69 Å². The number of benzene rings is 3. The number of carbonyl (C=O) groups excluding carboxylic acids is 1. The maximum Gasteiger partial charge on any atom is 0.238 e. The summed E-state index contributed by atoms with van der Waals surface area (Å²) < 4.78 is 0. The van der Waals surface area contributed by atoms with Crippen LogP contribution in [0.15, 0.2) is 84.9 Å². The first-order valence-electron chi connectivity index (χ1n) is 8.77. The fourth-order valence-corrected chi connectivity index (χ4v) is 3.12. The highest BCUT2D eigenvalue weighted by Crippen LogP contribution is 2.27. The Labute approximate surface area is 159 Å². The number of anilines is 1. The molecule has 0 unspecified atom stereocenters. The molecular formula is C23H21N3O. The molecule has 0 heterocycles. The van der Waals surface area contributed by atoms with Crippen molar-refractivity contribution >= 4 is 11.6 Å². The SMILES string of the molecule is CN(CC(=O)Nc1ccc(C#N)cc1)C(c1ccccc1)c1ccccc1. The molecule has 4 heteroatoms. The van der Waals surface area contributed by atoms with Crippen molar-refractivity contribution in [3.05, 3.63) is 102 Å². The summed E-state index contributed by atoms with van der Waals surface area (Å²) in [6.07, 6.45) is 0. The molecule has 0 bridgehead atoms. The van der Waals surface area contributed by atoms with Gasteiger partial charge in [0.1, 0.15) is 0 Å². The number of nitrogens with zero attached hydrogens (tertiary/aromatic N) is 2. The zero-order valence-electron chi connectivity index (χ0n) is 15.2. The maximum absolute atomic E-state index is 12.5. The number of rotatable bonds is 6. The molecular weight excluding hydrogens is 334 g/mol. The molecule has 0 aliphatic rings. The molecule has 4 nitrogen and oxygen atoms in total. The van der Waals surface area contributed by atoms with E-state index in [0.29, 0.717) is 11.3 Å². The second-order valence-electron chi connectivity index (χ2n) is 6.38. The number of carbonyl (C=O) groups is 1. The first-order chi connectivity index (χ1) is 13.2. The van der Waals surface area contributed by atoms with Crippen molar-refractivity contribution in [3.8, 4) is 6.07 Å². The predicted molar refractivity (Wildman–Crippen MR) is 107 cm³/mol. The van der Waals surface area contributed by atoms with Crippen LogP contribution < -0.4 is 5.32 Å². The first-order valence-corrected chi connectivity index (χ1v) is 8.77. The molecule has 134 valence electrons. The number of nitrogens with one attached hydrogen (secondary N) is 1. The summed E-state index contributed by atoms with van der Waals surface area (Å²) in [6.45, 7) is 0.245. The molecule has 3 rings (SSSR count). The Morgan fingerprint density at radius 2 is 1.44 bits per heavy atom. The Morgan fingerprint density at radius 3 is 1.93 bits per heavy atom. The van der Waals surface area contributed by atoms with Crippen LogP contribution in [0.4, 0.5) is 5.69 Å². The molecule has 3 aromatic carbocycles. The predicted octanol–water partition coefficient (Wildman–Crippen LogP) is 4.22. The lowest BCUT2D eigenvalue weighted by atomic mass is 9.97. The van der Waals surface area contributed by atoms with Gasteiger partial charge in [-0.25, -0.2) is 0 Å². The Balaban J connectivity index is 1.75. The molecule has 1 N–H and O–H groups in total. The van der Waals surface area contributed by atoms with Gasteiger partial charge in [0.05, 0.1) is 24.2 Å². The summed E-state index contributed by atoms with van der Waals surface area (Å²) in [7, 11) is 1.95. The van der Waals surface area contributed by atoms with E-state index in [0.717, 1.165) is 11.1 Å². The van der Waals surface area contributed by atoms with Gasteiger partial charge in [-0.15, -0.1) is 0 Å². The highest BCUT2D eigenvalue weighted by atomic mass is 16.2. The normalized spacial score (nSPS) is 10.6. The maximum atomic E-state index is 12.5. The van der Waals surface area contributed by atoms with E-state index in [-0.39, 0.29) is 18.5 Å². The number of amides is 1. The fraction of sp³-hybridized carbons (Fsp3) is 0.130. The van der Waals surface area contributed by atoms with Crippen LogP contribution in [0.5, 0.6) is 0 Å². The van der Waals surface area contributed by atoms with Gasteiger partial charge in [-0.05, 0) is 42.4 Å². The quantitative estimate of drug-likeness (QED) is 0.720. The van der Waals surface area contributed by atoms with Crippen LogP contribution >= 0.6 is 0 Å². The van der Waals surface area contributed by atoms with Crippen molar-refractivity contribution in [3.63, 3.8) is 0 Å². The molecule has 3 aromatic rings. The average Bonchev–Trinajstić information content (AvgIpc) is 2.70. The summed E-state index contributed by atoms with van der Waals surface area (Å²) >= 11 is 0. The first kappa shape index (κ1) is 18.4. The van der Waals surface area contributed by atoms with Crippen LogP contribution in [0.1, 0.15) is 22.7 Å². The van der Waals surface area contributed by atoms with Crippen LogP contribution in [0.2, 0.25) is 0 Å². The third kappa shape index (κ3) is 4.81. The van der Waals surface area contributed by atoms with E-state index in [2.05, 4.69) is 35.7 Å². The van der Waals surface area contributed by atoms with Crippen molar-refractivity contribution in [1.29, 1.82) is 5.26 Å². The van der Waals surface area contributed by atoms with Crippen LogP contribution in [0, 0.1) is 11.3 Å². The van der Waals surface area contributed by atoms with Crippen molar-refractivity contribution < 1.29 is 4.79 Å². The lowest BCUT2D eigenvalue weighted by Crippen LogP contribution is -2.33. The largest absolute Gasteiger partial charge is 0.325 e. The zero-order chi connectivity index (χ0) is 19.1. The van der Waals surface area contributed by atoms with Gasteiger partial charge < -0.3 is 5.32 Å². The molecule has 0 atom stereocenters. The minimum atomic E-state index is -0.0981. The van der Waals surface area contributed by atoms with Gasteiger partial charge in [-0.2, -0.15) is 5.26 Å². The number of nitriles is 1. The minimum absolute atomic E-state index is 0.0147. The summed E-state index contributed by atoms with van der Waals surface area (Å²) in [5, 5.41) is 11.8. The summed E-state index contributed by atoms with van der Waals surface area (Å²) in [5.41, 5.74) is 3.52. The average molecular weight is 355 g/mol. The van der Waals surface area contributed by atoms with Gasteiger partial charge in [0, 0.05) is 5.69 Å². The van der Waals surface area contributed by atoms with E-state index >= 15 is 0 Å². The monoisotopic (exact) mass is 355 g/mol. The molecule has 0 aliphatic heterocycles.